The van der Waals surface area contributed by atoms with Gasteiger partial charge in [-0.1, -0.05) is 18.2 Å². The Morgan fingerprint density at radius 2 is 1.65 bits per heavy atom. The van der Waals surface area contributed by atoms with E-state index >= 15 is 0 Å². The van der Waals surface area contributed by atoms with Gasteiger partial charge in [-0.2, -0.15) is 0 Å². The van der Waals surface area contributed by atoms with Crippen LogP contribution in [0.3, 0.4) is 0 Å². The Balaban J connectivity index is 1.21. The summed E-state index contributed by atoms with van der Waals surface area (Å²) in [7, 11) is 0. The number of carbonyl (C=O) groups excluding carboxylic acids is 2. The second-order valence-electron chi connectivity index (χ2n) is 7.69. The van der Waals surface area contributed by atoms with Gasteiger partial charge >= 0.3 is 0 Å². The van der Waals surface area contributed by atoms with Crippen molar-refractivity contribution in [3.05, 3.63) is 96.6 Å². The molecule has 4 aromatic rings. The number of nitrogens with zero attached hydrogens (tertiary/aromatic N) is 2. The third-order valence-corrected chi connectivity index (χ3v) is 5.56. The molecule has 2 aromatic carbocycles. The Morgan fingerprint density at radius 1 is 0.806 bits per heavy atom. The molecule has 1 saturated carbocycles. The van der Waals surface area contributed by atoms with Gasteiger partial charge in [0.2, 0.25) is 5.91 Å². The number of amides is 2. The fraction of sp³-hybridized carbons (Fsp3) is 0.120. The first kappa shape index (κ1) is 18.9. The topological polar surface area (TPSA) is 84.0 Å². The van der Waals surface area contributed by atoms with Gasteiger partial charge in [0, 0.05) is 41.1 Å². The van der Waals surface area contributed by atoms with Crippen molar-refractivity contribution in [2.45, 2.75) is 12.3 Å². The molecule has 2 amide bonds. The van der Waals surface area contributed by atoms with Crippen LogP contribution in [0.1, 0.15) is 28.3 Å². The Kier molecular flexibility index (Phi) is 4.88. The lowest BCUT2D eigenvalue weighted by atomic mass is 10.1. The summed E-state index contributed by atoms with van der Waals surface area (Å²) in [6.45, 7) is 0. The predicted octanol–water partition coefficient (Wildman–Crippen LogP) is 4.62. The van der Waals surface area contributed by atoms with E-state index in [9.17, 15) is 9.59 Å². The molecular formula is C25H20N4O2. The summed E-state index contributed by atoms with van der Waals surface area (Å²) in [5, 5.41) is 7.92. The minimum absolute atomic E-state index is 0.0248. The molecule has 2 N–H and O–H groups in total. The van der Waals surface area contributed by atoms with Crippen LogP contribution in [0.5, 0.6) is 0 Å². The molecule has 1 aliphatic carbocycles. The number of pyridine rings is 2. The largest absolute Gasteiger partial charge is 0.326 e. The van der Waals surface area contributed by atoms with E-state index < -0.39 is 0 Å². The molecule has 0 spiro atoms. The van der Waals surface area contributed by atoms with Gasteiger partial charge < -0.3 is 10.6 Å². The van der Waals surface area contributed by atoms with E-state index in [4.69, 9.17) is 0 Å². The monoisotopic (exact) mass is 408 g/mol. The minimum Gasteiger partial charge on any atom is -0.326 e. The summed E-state index contributed by atoms with van der Waals surface area (Å²) in [4.78, 5) is 33.2. The first-order valence-corrected chi connectivity index (χ1v) is 10.1. The maximum absolute atomic E-state index is 12.7. The highest BCUT2D eigenvalue weighted by molar-refractivity contribution is 6.04. The van der Waals surface area contributed by atoms with Crippen LogP contribution >= 0.6 is 0 Å². The van der Waals surface area contributed by atoms with Crippen molar-refractivity contribution in [2.24, 2.45) is 5.92 Å². The molecule has 6 heteroatoms. The standard InChI is InChI=1S/C25H20N4O2/c30-24(29-21-2-1-10-26-15-21)17-5-3-16(4-6-17)22-13-23(22)25(31)28-20-8-7-19-14-27-11-9-18(19)12-20/h1-12,14-15,22-23H,13H2,(H,28,31)(H,29,30). The molecule has 1 fully saturated rings. The zero-order valence-electron chi connectivity index (χ0n) is 16.7. The Hall–Kier alpha value is -4.06. The van der Waals surface area contributed by atoms with Crippen LogP contribution in [0.2, 0.25) is 0 Å². The Bertz CT molecular complexity index is 1260. The van der Waals surface area contributed by atoms with Gasteiger partial charge in [0.15, 0.2) is 0 Å². The second-order valence-corrected chi connectivity index (χ2v) is 7.69. The van der Waals surface area contributed by atoms with Crippen LogP contribution in [0.25, 0.3) is 10.8 Å². The van der Waals surface area contributed by atoms with Crippen molar-refractivity contribution in [2.75, 3.05) is 10.6 Å². The first-order valence-electron chi connectivity index (χ1n) is 10.1. The van der Waals surface area contributed by atoms with Gasteiger partial charge in [0.25, 0.3) is 5.91 Å². The van der Waals surface area contributed by atoms with Gasteiger partial charge in [-0.3, -0.25) is 19.6 Å². The molecule has 5 rings (SSSR count). The zero-order chi connectivity index (χ0) is 21.2. The van der Waals surface area contributed by atoms with Gasteiger partial charge in [0.1, 0.15) is 0 Å². The number of fused-ring (bicyclic) bond motifs is 1. The van der Waals surface area contributed by atoms with Crippen molar-refractivity contribution >= 4 is 34.0 Å². The lowest BCUT2D eigenvalue weighted by Gasteiger charge is -2.07. The molecule has 1 aliphatic rings. The molecule has 2 unspecified atom stereocenters. The molecule has 31 heavy (non-hydrogen) atoms. The second kappa shape index (κ2) is 7.99. The summed E-state index contributed by atoms with van der Waals surface area (Å²) in [6.07, 6.45) is 7.62. The fourth-order valence-corrected chi connectivity index (χ4v) is 3.77. The summed E-state index contributed by atoms with van der Waals surface area (Å²) >= 11 is 0. The molecule has 2 heterocycles. The van der Waals surface area contributed by atoms with Crippen LogP contribution in [0.15, 0.2) is 85.5 Å². The van der Waals surface area contributed by atoms with Gasteiger partial charge in [-0.05, 0) is 65.8 Å². The number of carbonyl (C=O) groups is 2. The van der Waals surface area contributed by atoms with Crippen LogP contribution in [0.4, 0.5) is 11.4 Å². The van der Waals surface area contributed by atoms with Crippen molar-refractivity contribution in [3.8, 4) is 0 Å². The normalized spacial score (nSPS) is 17.2. The molecule has 0 bridgehead atoms. The predicted molar refractivity (Wildman–Crippen MR) is 120 cm³/mol. The summed E-state index contributed by atoms with van der Waals surface area (Å²) < 4.78 is 0. The molecule has 2 aromatic heterocycles. The Labute approximate surface area is 179 Å². The summed E-state index contributed by atoms with van der Waals surface area (Å²) in [5.41, 5.74) is 3.08. The highest BCUT2D eigenvalue weighted by Crippen LogP contribution is 2.48. The van der Waals surface area contributed by atoms with Crippen molar-refractivity contribution in [1.82, 2.24) is 9.97 Å². The van der Waals surface area contributed by atoms with Crippen molar-refractivity contribution < 1.29 is 9.59 Å². The van der Waals surface area contributed by atoms with E-state index in [1.165, 1.54) is 0 Å². The third kappa shape index (κ3) is 4.14. The van der Waals surface area contributed by atoms with E-state index in [2.05, 4.69) is 20.6 Å². The highest BCUT2D eigenvalue weighted by atomic mass is 16.2. The van der Waals surface area contributed by atoms with E-state index in [-0.39, 0.29) is 23.7 Å². The molecule has 0 radical (unpaired) electrons. The van der Waals surface area contributed by atoms with Crippen molar-refractivity contribution in [3.63, 3.8) is 0 Å². The van der Waals surface area contributed by atoms with Crippen molar-refractivity contribution in [1.29, 1.82) is 0 Å². The SMILES string of the molecule is O=C(Nc1cccnc1)c1ccc(C2CC2C(=O)Nc2ccc3cnccc3c2)cc1. The van der Waals surface area contributed by atoms with E-state index in [0.29, 0.717) is 11.3 Å². The fourth-order valence-electron chi connectivity index (χ4n) is 3.77. The number of nitrogens with one attached hydrogen (secondary N) is 2. The molecule has 0 saturated heterocycles. The number of hydrogen-bond donors (Lipinski definition) is 2. The van der Waals surface area contributed by atoms with Crippen LogP contribution in [0, 0.1) is 5.92 Å². The Morgan fingerprint density at radius 3 is 2.45 bits per heavy atom. The number of benzene rings is 2. The van der Waals surface area contributed by atoms with Gasteiger partial charge in [0.05, 0.1) is 11.9 Å². The van der Waals surface area contributed by atoms with Crippen LogP contribution < -0.4 is 10.6 Å². The minimum atomic E-state index is -0.184. The average molecular weight is 408 g/mol. The number of rotatable bonds is 5. The quantitative estimate of drug-likeness (QED) is 0.505. The highest BCUT2D eigenvalue weighted by Gasteiger charge is 2.43. The molecule has 0 aliphatic heterocycles. The van der Waals surface area contributed by atoms with Crippen LogP contribution in [-0.4, -0.2) is 21.8 Å². The lowest BCUT2D eigenvalue weighted by molar-refractivity contribution is -0.117. The van der Waals surface area contributed by atoms with E-state index in [1.54, 1.807) is 49.1 Å². The number of aromatic nitrogens is 2. The smallest absolute Gasteiger partial charge is 0.255 e. The maximum atomic E-state index is 12.7. The van der Waals surface area contributed by atoms with E-state index in [0.717, 1.165) is 28.4 Å². The zero-order valence-corrected chi connectivity index (χ0v) is 16.7. The summed E-state index contributed by atoms with van der Waals surface area (Å²) in [6, 6.07) is 18.8. The lowest BCUT2D eigenvalue weighted by Crippen LogP contribution is -2.14. The maximum Gasteiger partial charge on any atom is 0.255 e. The summed E-state index contributed by atoms with van der Waals surface area (Å²) in [5.74, 6) is -0.0313. The van der Waals surface area contributed by atoms with E-state index in [1.807, 2.05) is 36.4 Å². The molecule has 6 nitrogen and oxygen atoms in total. The number of hydrogen-bond acceptors (Lipinski definition) is 4. The van der Waals surface area contributed by atoms with Gasteiger partial charge in [-0.25, -0.2) is 0 Å². The van der Waals surface area contributed by atoms with Crippen LogP contribution in [-0.2, 0) is 4.79 Å². The number of anilines is 2. The molecule has 152 valence electrons. The molecular weight excluding hydrogens is 388 g/mol. The third-order valence-electron chi connectivity index (χ3n) is 5.56. The molecule has 2 atom stereocenters. The van der Waals surface area contributed by atoms with Gasteiger partial charge in [-0.15, -0.1) is 0 Å². The first-order chi connectivity index (χ1) is 15.2. The average Bonchev–Trinajstić information content (AvgIpc) is 3.61.